The molecule has 1 amide bonds. The molecule has 0 aromatic heterocycles. The molecule has 12 heavy (non-hydrogen) atoms. The van der Waals surface area contributed by atoms with Crippen LogP contribution in [-0.4, -0.2) is 11.9 Å². The van der Waals surface area contributed by atoms with E-state index in [1.54, 1.807) is 0 Å². The van der Waals surface area contributed by atoms with Gasteiger partial charge in [0.2, 0.25) is 5.91 Å². The summed E-state index contributed by atoms with van der Waals surface area (Å²) in [6.45, 7) is 4.12. The third-order valence-electron chi connectivity index (χ3n) is 1.97. The van der Waals surface area contributed by atoms with Crippen molar-refractivity contribution in [1.82, 2.24) is 5.32 Å². The lowest BCUT2D eigenvalue weighted by Crippen LogP contribution is -2.33. The highest BCUT2D eigenvalue weighted by Gasteiger charge is 2.13. The molecule has 0 heterocycles. The van der Waals surface area contributed by atoms with Crippen LogP contribution in [0.15, 0.2) is 12.2 Å². The summed E-state index contributed by atoms with van der Waals surface area (Å²) in [6.07, 6.45) is 6.91. The quantitative estimate of drug-likeness (QED) is 0.639. The monoisotopic (exact) mass is 167 g/mol. The molecule has 0 aromatic carbocycles. The van der Waals surface area contributed by atoms with E-state index in [9.17, 15) is 4.79 Å². The van der Waals surface area contributed by atoms with Gasteiger partial charge in [-0.1, -0.05) is 26.0 Å². The molecule has 1 aliphatic carbocycles. The number of nitrogens with one attached hydrogen (secondary N) is 1. The van der Waals surface area contributed by atoms with Gasteiger partial charge in [0.1, 0.15) is 0 Å². The molecule has 1 rings (SSSR count). The number of hydrogen-bond donors (Lipinski definition) is 1. The molecule has 2 heteroatoms. The lowest BCUT2D eigenvalue weighted by molar-refractivity contribution is -0.122. The predicted molar refractivity (Wildman–Crippen MR) is 49.8 cm³/mol. The topological polar surface area (TPSA) is 29.1 Å². The van der Waals surface area contributed by atoms with Crippen molar-refractivity contribution in [2.75, 3.05) is 0 Å². The molecule has 1 aliphatic rings. The van der Waals surface area contributed by atoms with Crippen LogP contribution in [0.4, 0.5) is 0 Å². The van der Waals surface area contributed by atoms with Crippen LogP contribution in [-0.2, 0) is 4.79 Å². The third kappa shape index (κ3) is 3.07. The first-order chi connectivity index (χ1) is 5.68. The van der Waals surface area contributed by atoms with Crippen LogP contribution >= 0.6 is 0 Å². The minimum Gasteiger partial charge on any atom is -0.353 e. The lowest BCUT2D eigenvalue weighted by atomic mass is 10.1. The minimum atomic E-state index is 0.193. The van der Waals surface area contributed by atoms with E-state index in [1.165, 1.54) is 0 Å². The van der Waals surface area contributed by atoms with Gasteiger partial charge < -0.3 is 5.32 Å². The predicted octanol–water partition coefficient (Wildman–Crippen LogP) is 1.87. The maximum atomic E-state index is 11.3. The third-order valence-corrected chi connectivity index (χ3v) is 1.97. The van der Waals surface area contributed by atoms with Gasteiger partial charge in [-0.2, -0.15) is 0 Å². The first-order valence-corrected chi connectivity index (χ1v) is 4.63. The largest absolute Gasteiger partial charge is 0.353 e. The Hall–Kier alpha value is -0.790. The van der Waals surface area contributed by atoms with E-state index in [0.717, 1.165) is 12.8 Å². The molecule has 0 spiro atoms. The Morgan fingerprint density at radius 2 is 2.08 bits per heavy atom. The summed E-state index contributed by atoms with van der Waals surface area (Å²) in [5.74, 6) is 0.651. The van der Waals surface area contributed by atoms with Gasteiger partial charge in [0, 0.05) is 12.5 Å². The fourth-order valence-electron chi connectivity index (χ4n) is 1.39. The van der Waals surface area contributed by atoms with Gasteiger partial charge in [-0.3, -0.25) is 4.79 Å². The standard InChI is InChI=1S/C10H17NO/c1-8(2)7-10(12)11-9-5-3-4-6-9/h3-4,8-9H,5-7H2,1-2H3,(H,11,12). The van der Waals surface area contributed by atoms with Crippen molar-refractivity contribution in [3.05, 3.63) is 12.2 Å². The zero-order valence-corrected chi connectivity index (χ0v) is 7.84. The molecule has 0 atom stereocenters. The van der Waals surface area contributed by atoms with Gasteiger partial charge in [-0.15, -0.1) is 0 Å². The first-order valence-electron chi connectivity index (χ1n) is 4.63. The molecule has 0 bridgehead atoms. The van der Waals surface area contributed by atoms with Gasteiger partial charge in [0.05, 0.1) is 0 Å². The number of hydrogen-bond acceptors (Lipinski definition) is 1. The first kappa shape index (κ1) is 9.30. The Labute approximate surface area is 74.0 Å². The normalized spacial score (nSPS) is 17.2. The molecular weight excluding hydrogens is 150 g/mol. The molecule has 68 valence electrons. The fraction of sp³-hybridized carbons (Fsp3) is 0.700. The van der Waals surface area contributed by atoms with Gasteiger partial charge in [-0.25, -0.2) is 0 Å². The number of rotatable bonds is 3. The molecular formula is C10H17NO. The van der Waals surface area contributed by atoms with Crippen LogP contribution in [0, 0.1) is 5.92 Å². The van der Waals surface area contributed by atoms with Crippen molar-refractivity contribution in [3.8, 4) is 0 Å². The second-order valence-corrected chi connectivity index (χ2v) is 3.81. The summed E-state index contributed by atoms with van der Waals surface area (Å²) in [5, 5.41) is 3.01. The van der Waals surface area contributed by atoms with Gasteiger partial charge in [-0.05, 0) is 18.8 Å². The maximum Gasteiger partial charge on any atom is 0.220 e. The van der Waals surface area contributed by atoms with E-state index in [1.807, 2.05) is 0 Å². The van der Waals surface area contributed by atoms with E-state index in [4.69, 9.17) is 0 Å². The number of carbonyl (C=O) groups excluding carboxylic acids is 1. The van der Waals surface area contributed by atoms with Crippen LogP contribution < -0.4 is 5.32 Å². The van der Waals surface area contributed by atoms with Crippen molar-refractivity contribution in [3.63, 3.8) is 0 Å². The molecule has 0 aromatic rings. The second kappa shape index (κ2) is 4.29. The highest BCUT2D eigenvalue weighted by molar-refractivity contribution is 5.76. The van der Waals surface area contributed by atoms with Crippen LogP contribution in [0.3, 0.4) is 0 Å². The number of carbonyl (C=O) groups is 1. The maximum absolute atomic E-state index is 11.3. The molecule has 2 nitrogen and oxygen atoms in total. The van der Waals surface area contributed by atoms with Crippen LogP contribution in [0.5, 0.6) is 0 Å². The fourth-order valence-corrected chi connectivity index (χ4v) is 1.39. The van der Waals surface area contributed by atoms with E-state index in [0.29, 0.717) is 18.4 Å². The van der Waals surface area contributed by atoms with Gasteiger partial charge >= 0.3 is 0 Å². The summed E-state index contributed by atoms with van der Waals surface area (Å²) in [7, 11) is 0. The summed E-state index contributed by atoms with van der Waals surface area (Å²) < 4.78 is 0. The van der Waals surface area contributed by atoms with Crippen LogP contribution in [0.2, 0.25) is 0 Å². The SMILES string of the molecule is CC(C)CC(=O)NC1CC=CC1. The molecule has 0 aliphatic heterocycles. The Morgan fingerprint density at radius 3 is 2.58 bits per heavy atom. The molecule has 0 radical (unpaired) electrons. The second-order valence-electron chi connectivity index (χ2n) is 3.81. The zero-order chi connectivity index (χ0) is 8.97. The highest BCUT2D eigenvalue weighted by Crippen LogP contribution is 2.09. The van der Waals surface area contributed by atoms with Crippen molar-refractivity contribution in [2.24, 2.45) is 5.92 Å². The Morgan fingerprint density at radius 1 is 1.50 bits per heavy atom. The van der Waals surface area contributed by atoms with Crippen molar-refractivity contribution >= 4 is 5.91 Å². The van der Waals surface area contributed by atoms with Gasteiger partial charge in [0.25, 0.3) is 0 Å². The summed E-state index contributed by atoms with van der Waals surface area (Å²) >= 11 is 0. The summed E-state index contributed by atoms with van der Waals surface area (Å²) in [4.78, 5) is 11.3. The zero-order valence-electron chi connectivity index (χ0n) is 7.84. The average Bonchev–Trinajstić information content (AvgIpc) is 2.37. The summed E-state index contributed by atoms with van der Waals surface area (Å²) in [5.41, 5.74) is 0. The van der Waals surface area contributed by atoms with E-state index >= 15 is 0 Å². The Kier molecular flexibility index (Phi) is 3.32. The molecule has 0 saturated carbocycles. The highest BCUT2D eigenvalue weighted by atomic mass is 16.1. The number of amides is 1. The van der Waals surface area contributed by atoms with E-state index in [-0.39, 0.29) is 5.91 Å². The van der Waals surface area contributed by atoms with Crippen molar-refractivity contribution in [2.45, 2.75) is 39.2 Å². The molecule has 0 unspecified atom stereocenters. The van der Waals surface area contributed by atoms with E-state index in [2.05, 4.69) is 31.3 Å². The van der Waals surface area contributed by atoms with Crippen LogP contribution in [0.1, 0.15) is 33.1 Å². The van der Waals surface area contributed by atoms with Crippen molar-refractivity contribution in [1.29, 1.82) is 0 Å². The molecule has 0 saturated heterocycles. The Balaban J connectivity index is 2.17. The molecule has 1 N–H and O–H groups in total. The van der Waals surface area contributed by atoms with E-state index < -0.39 is 0 Å². The molecule has 0 fully saturated rings. The minimum absolute atomic E-state index is 0.193. The van der Waals surface area contributed by atoms with Crippen LogP contribution in [0.25, 0.3) is 0 Å². The Bertz CT molecular complexity index is 176. The van der Waals surface area contributed by atoms with Gasteiger partial charge in [0.15, 0.2) is 0 Å². The average molecular weight is 167 g/mol. The smallest absolute Gasteiger partial charge is 0.220 e. The van der Waals surface area contributed by atoms with Crippen molar-refractivity contribution < 1.29 is 4.79 Å². The summed E-state index contributed by atoms with van der Waals surface area (Å²) in [6, 6.07) is 0.372. The lowest BCUT2D eigenvalue weighted by Gasteiger charge is -2.12.